The van der Waals surface area contributed by atoms with Crippen LogP contribution >= 0.6 is 0 Å². The predicted octanol–water partition coefficient (Wildman–Crippen LogP) is 7.65. The van der Waals surface area contributed by atoms with Crippen LogP contribution in [0.3, 0.4) is 0 Å². The third-order valence-electron chi connectivity index (χ3n) is 5.82. The quantitative estimate of drug-likeness (QED) is 0.525. The molecule has 2 heteroatoms. The Labute approximate surface area is 164 Å². The highest BCUT2D eigenvalue weighted by Crippen LogP contribution is 2.44. The summed E-state index contributed by atoms with van der Waals surface area (Å²) in [7, 11) is 0. The molecule has 0 radical (unpaired) electrons. The van der Waals surface area contributed by atoms with Gasteiger partial charge >= 0.3 is 0 Å². The van der Waals surface area contributed by atoms with Crippen LogP contribution in [0.1, 0.15) is 93.9 Å². The van der Waals surface area contributed by atoms with Gasteiger partial charge in [0.15, 0.2) is 0 Å². The van der Waals surface area contributed by atoms with E-state index < -0.39 is 0 Å². The van der Waals surface area contributed by atoms with Gasteiger partial charge in [-0.3, -0.25) is 9.98 Å². The van der Waals surface area contributed by atoms with E-state index in [9.17, 15) is 0 Å². The molecule has 1 aliphatic rings. The van der Waals surface area contributed by atoms with E-state index in [1.54, 1.807) is 0 Å². The van der Waals surface area contributed by atoms with Crippen molar-refractivity contribution in [1.82, 2.24) is 0 Å². The van der Waals surface area contributed by atoms with E-state index in [-0.39, 0.29) is 0 Å². The van der Waals surface area contributed by atoms with Gasteiger partial charge in [0.1, 0.15) is 0 Å². The molecule has 2 aromatic carbocycles. The number of hydrogen-bond donors (Lipinski definition) is 0. The van der Waals surface area contributed by atoms with Crippen molar-refractivity contribution < 1.29 is 0 Å². The fourth-order valence-electron chi connectivity index (χ4n) is 4.00. The summed E-state index contributed by atoms with van der Waals surface area (Å²) in [5, 5.41) is 0. The molecule has 0 amide bonds. The summed E-state index contributed by atoms with van der Waals surface area (Å²) in [4.78, 5) is 9.80. The van der Waals surface area contributed by atoms with Gasteiger partial charge in [-0.25, -0.2) is 0 Å². The van der Waals surface area contributed by atoms with Crippen LogP contribution in [-0.2, 0) is 0 Å². The zero-order valence-corrected chi connectivity index (χ0v) is 17.5. The van der Waals surface area contributed by atoms with Crippen molar-refractivity contribution in [3.05, 3.63) is 58.7 Å². The Hall–Kier alpha value is -2.22. The standard InChI is InChI=1S/C25H32N2/c1-16(2)20-10-7-12-22-18(5)19(6)23-13-8-11-21(17(3)4)25(23)27-15-9-14-26-24(20)22/h7-8,10-19H,9H2,1-6H3. The second-order valence-corrected chi connectivity index (χ2v) is 8.32. The SMILES string of the molecule is CC(C)c1cccc2c1N=CCC=Nc1c(C(C)C)cccc1C(C)C2C. The molecule has 2 aromatic rings. The molecule has 2 nitrogen and oxygen atoms in total. The van der Waals surface area contributed by atoms with Gasteiger partial charge in [-0.1, -0.05) is 77.9 Å². The van der Waals surface area contributed by atoms with E-state index in [0.717, 1.165) is 17.8 Å². The van der Waals surface area contributed by atoms with Gasteiger partial charge in [0.2, 0.25) is 0 Å². The molecule has 3 rings (SSSR count). The summed E-state index contributed by atoms with van der Waals surface area (Å²) in [6, 6.07) is 13.3. The monoisotopic (exact) mass is 360 g/mol. The van der Waals surface area contributed by atoms with Crippen LogP contribution in [0, 0.1) is 0 Å². The molecular weight excluding hydrogens is 328 g/mol. The zero-order chi connectivity index (χ0) is 19.6. The molecule has 0 saturated carbocycles. The second kappa shape index (κ2) is 8.21. The number of rotatable bonds is 2. The molecule has 27 heavy (non-hydrogen) atoms. The first kappa shape index (κ1) is 19.5. The highest BCUT2D eigenvalue weighted by molar-refractivity contribution is 5.84. The average molecular weight is 361 g/mol. The maximum atomic E-state index is 4.90. The summed E-state index contributed by atoms with van der Waals surface area (Å²) in [5.41, 5.74) is 7.65. The van der Waals surface area contributed by atoms with Crippen LogP contribution in [0.15, 0.2) is 46.4 Å². The maximum Gasteiger partial charge on any atom is 0.0695 e. The van der Waals surface area contributed by atoms with Crippen LogP contribution in [0.4, 0.5) is 11.4 Å². The summed E-state index contributed by atoms with van der Waals surface area (Å²) in [6.45, 7) is 13.6. The highest BCUT2D eigenvalue weighted by atomic mass is 14.8. The second-order valence-electron chi connectivity index (χ2n) is 8.32. The number of hydrogen-bond acceptors (Lipinski definition) is 2. The number of para-hydroxylation sites is 2. The van der Waals surface area contributed by atoms with E-state index in [0.29, 0.717) is 23.7 Å². The molecular formula is C25H32N2. The number of nitrogens with zero attached hydrogens (tertiary/aromatic N) is 2. The van der Waals surface area contributed by atoms with E-state index in [1.165, 1.54) is 22.3 Å². The molecule has 1 heterocycles. The van der Waals surface area contributed by atoms with Gasteiger partial charge in [0, 0.05) is 18.9 Å². The van der Waals surface area contributed by atoms with Crippen molar-refractivity contribution in [3.8, 4) is 0 Å². The number of aliphatic imine (C=N–C) groups is 2. The molecule has 2 unspecified atom stereocenters. The minimum absolute atomic E-state index is 0.366. The van der Waals surface area contributed by atoms with Crippen LogP contribution in [-0.4, -0.2) is 12.4 Å². The van der Waals surface area contributed by atoms with Crippen molar-refractivity contribution in [2.75, 3.05) is 0 Å². The molecule has 0 fully saturated rings. The van der Waals surface area contributed by atoms with E-state index >= 15 is 0 Å². The first-order chi connectivity index (χ1) is 12.9. The first-order valence-corrected chi connectivity index (χ1v) is 10.2. The molecule has 1 aliphatic heterocycles. The van der Waals surface area contributed by atoms with E-state index in [2.05, 4.69) is 77.9 Å². The smallest absolute Gasteiger partial charge is 0.0695 e. The Morgan fingerprint density at radius 3 is 1.48 bits per heavy atom. The summed E-state index contributed by atoms with van der Waals surface area (Å²) < 4.78 is 0. The lowest BCUT2D eigenvalue weighted by atomic mass is 9.80. The third kappa shape index (κ3) is 3.90. The van der Waals surface area contributed by atoms with Gasteiger partial charge in [-0.05, 0) is 45.9 Å². The van der Waals surface area contributed by atoms with Crippen LogP contribution in [0.5, 0.6) is 0 Å². The van der Waals surface area contributed by atoms with Crippen molar-refractivity contribution in [3.63, 3.8) is 0 Å². The maximum absolute atomic E-state index is 4.90. The fourth-order valence-corrected chi connectivity index (χ4v) is 4.00. The highest BCUT2D eigenvalue weighted by Gasteiger charge is 2.24. The Bertz CT molecular complexity index is 787. The summed E-state index contributed by atoms with van der Waals surface area (Å²) in [5.74, 6) is 1.65. The first-order valence-electron chi connectivity index (χ1n) is 10.2. The Morgan fingerprint density at radius 2 is 1.11 bits per heavy atom. The third-order valence-corrected chi connectivity index (χ3v) is 5.82. The predicted molar refractivity (Wildman–Crippen MR) is 119 cm³/mol. The van der Waals surface area contributed by atoms with Crippen molar-refractivity contribution >= 4 is 23.8 Å². The zero-order valence-electron chi connectivity index (χ0n) is 17.5. The largest absolute Gasteiger partial charge is 0.260 e. The molecule has 0 bridgehead atoms. The molecule has 0 aliphatic carbocycles. The molecule has 0 saturated heterocycles. The average Bonchev–Trinajstić information content (AvgIpc) is 2.67. The Balaban J connectivity index is 2.20. The Morgan fingerprint density at radius 1 is 0.704 bits per heavy atom. The molecule has 142 valence electrons. The Kier molecular flexibility index (Phi) is 5.94. The lowest BCUT2D eigenvalue weighted by Crippen LogP contribution is -2.08. The molecule has 2 atom stereocenters. The summed E-state index contributed by atoms with van der Waals surface area (Å²) >= 11 is 0. The lowest BCUT2D eigenvalue weighted by molar-refractivity contribution is 0.622. The van der Waals surface area contributed by atoms with Crippen molar-refractivity contribution in [2.45, 2.75) is 71.6 Å². The van der Waals surface area contributed by atoms with E-state index in [4.69, 9.17) is 9.98 Å². The molecule has 0 spiro atoms. The fraction of sp³-hybridized carbons (Fsp3) is 0.440. The van der Waals surface area contributed by atoms with Gasteiger partial charge in [-0.15, -0.1) is 0 Å². The van der Waals surface area contributed by atoms with Crippen molar-refractivity contribution in [2.24, 2.45) is 9.98 Å². The van der Waals surface area contributed by atoms with Crippen molar-refractivity contribution in [1.29, 1.82) is 0 Å². The topological polar surface area (TPSA) is 24.7 Å². The lowest BCUT2D eigenvalue weighted by Gasteiger charge is -2.26. The minimum Gasteiger partial charge on any atom is -0.260 e. The normalized spacial score (nSPS) is 19.7. The van der Waals surface area contributed by atoms with Crippen LogP contribution < -0.4 is 0 Å². The molecule has 0 N–H and O–H groups in total. The van der Waals surface area contributed by atoms with E-state index in [1.807, 2.05) is 12.4 Å². The van der Waals surface area contributed by atoms with Gasteiger partial charge in [0.05, 0.1) is 11.4 Å². The molecule has 0 aromatic heterocycles. The van der Waals surface area contributed by atoms with Gasteiger partial charge in [-0.2, -0.15) is 0 Å². The number of fused-ring (bicyclic) bond motifs is 2. The van der Waals surface area contributed by atoms with Crippen LogP contribution in [0.2, 0.25) is 0 Å². The minimum atomic E-state index is 0.366. The van der Waals surface area contributed by atoms with Crippen LogP contribution in [0.25, 0.3) is 0 Å². The van der Waals surface area contributed by atoms with Gasteiger partial charge < -0.3 is 0 Å². The number of benzene rings is 2. The van der Waals surface area contributed by atoms with Gasteiger partial charge in [0.25, 0.3) is 0 Å². The summed E-state index contributed by atoms with van der Waals surface area (Å²) in [6.07, 6.45) is 4.77.